The Morgan fingerprint density at radius 1 is 0.692 bits per heavy atom. The van der Waals surface area contributed by atoms with Gasteiger partial charge in [0, 0.05) is 5.08 Å². The molecule has 4 heteroatoms. The van der Waals surface area contributed by atoms with E-state index in [1.54, 1.807) is 0 Å². The molecule has 0 rings (SSSR count). The smallest absolute Gasteiger partial charge is 0.0392 e. The monoisotopic (exact) mass is 256 g/mol. The third-order valence-electron chi connectivity index (χ3n) is 1.56. The molecular formula is C9H20S4. The van der Waals surface area contributed by atoms with Crippen molar-refractivity contribution in [1.29, 1.82) is 0 Å². The molecule has 0 bridgehead atoms. The maximum atomic E-state index is 4.18. The highest BCUT2D eigenvalue weighted by Gasteiger charge is 1.91. The van der Waals surface area contributed by atoms with Crippen molar-refractivity contribution in [1.82, 2.24) is 0 Å². The molecule has 0 aromatic heterocycles. The van der Waals surface area contributed by atoms with Crippen LogP contribution < -0.4 is 0 Å². The molecule has 0 unspecified atom stereocenters. The summed E-state index contributed by atoms with van der Waals surface area (Å²) in [6.07, 6.45) is 5.18. The van der Waals surface area contributed by atoms with Gasteiger partial charge in [-0.25, -0.2) is 0 Å². The third kappa shape index (κ3) is 13.4. The Labute approximate surface area is 102 Å². The second-order valence-electron chi connectivity index (χ2n) is 2.80. The molecule has 13 heavy (non-hydrogen) atoms. The summed E-state index contributed by atoms with van der Waals surface area (Å²) < 4.78 is 0. The Balaban J connectivity index is 2.76. The molecule has 0 aliphatic rings. The molecule has 0 fully saturated rings. The van der Waals surface area contributed by atoms with Gasteiger partial charge in [0.2, 0.25) is 0 Å². The maximum absolute atomic E-state index is 4.18. The first kappa shape index (κ1) is 14.4. The predicted molar refractivity (Wildman–Crippen MR) is 76.0 cm³/mol. The Morgan fingerprint density at radius 3 is 1.54 bits per heavy atom. The van der Waals surface area contributed by atoms with Gasteiger partial charge in [-0.1, -0.05) is 0 Å². The van der Waals surface area contributed by atoms with Crippen LogP contribution >= 0.6 is 48.8 Å². The van der Waals surface area contributed by atoms with E-state index in [-0.39, 0.29) is 0 Å². The Kier molecular flexibility index (Phi) is 14.8. The van der Waals surface area contributed by atoms with Gasteiger partial charge in [0.25, 0.3) is 0 Å². The summed E-state index contributed by atoms with van der Waals surface area (Å²) >= 11 is 12.5. The molecule has 0 aliphatic heterocycles. The van der Waals surface area contributed by atoms with Crippen LogP contribution in [-0.4, -0.2) is 28.1 Å². The summed E-state index contributed by atoms with van der Waals surface area (Å²) in [6, 6.07) is 0. The lowest BCUT2D eigenvalue weighted by molar-refractivity contribution is 0.909. The van der Waals surface area contributed by atoms with Gasteiger partial charge in [-0.15, -0.1) is 0 Å². The van der Waals surface area contributed by atoms with Gasteiger partial charge < -0.3 is 0 Å². The normalized spacial score (nSPS) is 10.6. The zero-order valence-electron chi connectivity index (χ0n) is 8.07. The third-order valence-corrected chi connectivity index (χ3v) is 4.68. The van der Waals surface area contributed by atoms with E-state index in [0.717, 1.165) is 11.5 Å². The highest BCUT2D eigenvalue weighted by molar-refractivity contribution is 8.15. The molecule has 0 spiro atoms. The van der Waals surface area contributed by atoms with Crippen LogP contribution in [0.15, 0.2) is 0 Å². The van der Waals surface area contributed by atoms with Crippen molar-refractivity contribution in [2.75, 3.05) is 28.1 Å². The Bertz CT molecular complexity index is 77.7. The van der Waals surface area contributed by atoms with E-state index < -0.39 is 0 Å². The van der Waals surface area contributed by atoms with Crippen LogP contribution in [0.2, 0.25) is 0 Å². The van der Waals surface area contributed by atoms with Crippen molar-refractivity contribution in [3.8, 4) is 0 Å². The Hall–Kier alpha value is 1.40. The molecular weight excluding hydrogens is 236 g/mol. The molecule has 0 amide bonds. The quantitative estimate of drug-likeness (QED) is 0.346. The summed E-state index contributed by atoms with van der Waals surface area (Å²) in [5.41, 5.74) is 0. The van der Waals surface area contributed by atoms with Crippen molar-refractivity contribution in [3.63, 3.8) is 0 Å². The van der Waals surface area contributed by atoms with Crippen molar-refractivity contribution < 1.29 is 0 Å². The molecule has 0 aromatic rings. The van der Waals surface area contributed by atoms with Crippen LogP contribution in [0.25, 0.3) is 0 Å². The van der Waals surface area contributed by atoms with Crippen molar-refractivity contribution in [2.24, 2.45) is 0 Å². The van der Waals surface area contributed by atoms with Gasteiger partial charge in [-0.3, -0.25) is 0 Å². The molecule has 0 N–H and O–H groups in total. The molecule has 0 heterocycles. The van der Waals surface area contributed by atoms with E-state index in [1.165, 1.54) is 42.3 Å². The largest absolute Gasteiger partial charge is 0.179 e. The van der Waals surface area contributed by atoms with Crippen LogP contribution in [0.1, 0.15) is 25.7 Å². The molecule has 0 atom stereocenters. The summed E-state index contributed by atoms with van der Waals surface area (Å²) in [7, 11) is 0. The van der Waals surface area contributed by atoms with E-state index >= 15 is 0 Å². The first-order chi connectivity index (χ1) is 6.41. The van der Waals surface area contributed by atoms with Gasteiger partial charge in [0.15, 0.2) is 0 Å². The average Bonchev–Trinajstić information content (AvgIpc) is 2.16. The fourth-order valence-corrected chi connectivity index (χ4v) is 3.49. The SMILES string of the molecule is SCCCCSCSCCCCS. The zero-order valence-corrected chi connectivity index (χ0v) is 11.5. The van der Waals surface area contributed by atoms with Crippen LogP contribution in [0, 0.1) is 0 Å². The number of rotatable bonds is 10. The lowest BCUT2D eigenvalue weighted by Gasteiger charge is -2.00. The van der Waals surface area contributed by atoms with E-state index in [1.807, 2.05) is 0 Å². The van der Waals surface area contributed by atoms with Crippen molar-refractivity contribution in [2.45, 2.75) is 25.7 Å². The van der Waals surface area contributed by atoms with E-state index in [4.69, 9.17) is 0 Å². The summed E-state index contributed by atoms with van der Waals surface area (Å²) in [6.45, 7) is 0. The first-order valence-electron chi connectivity index (χ1n) is 4.79. The lowest BCUT2D eigenvalue weighted by atomic mass is 10.4. The molecule has 0 aromatic carbocycles. The second kappa shape index (κ2) is 13.4. The summed E-state index contributed by atoms with van der Waals surface area (Å²) in [5, 5.41) is 1.26. The standard InChI is InChI=1S/C9H20S4/c10-5-1-3-7-12-9-13-8-4-2-6-11/h10-11H,1-9H2. The number of hydrogen-bond acceptors (Lipinski definition) is 4. The number of thioether (sulfide) groups is 2. The van der Waals surface area contributed by atoms with Crippen LogP contribution in [0.5, 0.6) is 0 Å². The highest BCUT2D eigenvalue weighted by atomic mass is 32.2. The molecule has 0 radical (unpaired) electrons. The highest BCUT2D eigenvalue weighted by Crippen LogP contribution is 2.15. The topological polar surface area (TPSA) is 0 Å². The Morgan fingerprint density at radius 2 is 1.15 bits per heavy atom. The van der Waals surface area contributed by atoms with Crippen LogP contribution in [0.4, 0.5) is 0 Å². The number of thiol groups is 2. The predicted octanol–water partition coefficient (Wildman–Crippen LogP) is 3.83. The lowest BCUT2D eigenvalue weighted by Crippen LogP contribution is -1.85. The van der Waals surface area contributed by atoms with Crippen molar-refractivity contribution in [3.05, 3.63) is 0 Å². The van der Waals surface area contributed by atoms with E-state index in [2.05, 4.69) is 48.8 Å². The minimum absolute atomic E-state index is 1.04. The number of hydrogen-bond donors (Lipinski definition) is 2. The maximum Gasteiger partial charge on any atom is 0.0392 e. The van der Waals surface area contributed by atoms with E-state index in [9.17, 15) is 0 Å². The van der Waals surface area contributed by atoms with Gasteiger partial charge in [0.1, 0.15) is 0 Å². The minimum atomic E-state index is 1.04. The second-order valence-corrected chi connectivity index (χ2v) is 6.27. The first-order valence-corrected chi connectivity index (χ1v) is 8.36. The zero-order chi connectivity index (χ0) is 9.78. The molecule has 0 aliphatic carbocycles. The van der Waals surface area contributed by atoms with Gasteiger partial charge >= 0.3 is 0 Å². The van der Waals surface area contributed by atoms with Gasteiger partial charge in [0.05, 0.1) is 0 Å². The molecule has 0 saturated heterocycles. The van der Waals surface area contributed by atoms with Crippen LogP contribution in [-0.2, 0) is 0 Å². The van der Waals surface area contributed by atoms with Crippen molar-refractivity contribution >= 4 is 48.8 Å². The number of unbranched alkanes of at least 4 members (excludes halogenated alkanes) is 2. The van der Waals surface area contributed by atoms with Crippen LogP contribution in [0.3, 0.4) is 0 Å². The molecule has 0 saturated carbocycles. The fraction of sp³-hybridized carbons (Fsp3) is 1.00. The van der Waals surface area contributed by atoms with E-state index in [0.29, 0.717) is 0 Å². The van der Waals surface area contributed by atoms with Gasteiger partial charge in [-0.2, -0.15) is 48.8 Å². The fourth-order valence-electron chi connectivity index (χ4n) is 0.809. The summed E-state index contributed by atoms with van der Waals surface area (Å²) in [5.74, 6) is 4.69. The molecule has 80 valence electrons. The molecule has 0 nitrogen and oxygen atoms in total. The average molecular weight is 257 g/mol. The van der Waals surface area contributed by atoms with Gasteiger partial charge in [-0.05, 0) is 48.7 Å². The summed E-state index contributed by atoms with van der Waals surface area (Å²) in [4.78, 5) is 0. The minimum Gasteiger partial charge on any atom is -0.179 e.